The van der Waals surface area contributed by atoms with Gasteiger partial charge in [0.25, 0.3) is 0 Å². The maximum Gasteiger partial charge on any atom is 3.00 e. The van der Waals surface area contributed by atoms with E-state index in [2.05, 4.69) is 0 Å². The largest absolute Gasteiger partial charge is 3.00 e. The molecule has 0 aliphatic carbocycles. The second-order valence-corrected chi connectivity index (χ2v) is 2.45. The molecule has 0 aromatic rings. The molecule has 12 heteroatoms. The molecule has 0 rings (SSSR count). The van der Waals surface area contributed by atoms with E-state index in [9.17, 15) is 0 Å². The van der Waals surface area contributed by atoms with Crippen molar-refractivity contribution in [2.24, 2.45) is 0 Å². The first-order valence-electron chi connectivity index (χ1n) is 1.33. The van der Waals surface area contributed by atoms with Gasteiger partial charge in [0.05, 0.1) is 0 Å². The molecule has 0 bridgehead atoms. The van der Waals surface area contributed by atoms with Crippen molar-refractivity contribution in [3.05, 3.63) is 0 Å². The van der Waals surface area contributed by atoms with Crippen molar-refractivity contribution in [3.8, 4) is 0 Å². The smallest absolute Gasteiger partial charge is 0.759 e. The minimum absolute atomic E-state index is 0. The van der Waals surface area contributed by atoms with Crippen molar-refractivity contribution in [2.45, 2.75) is 0 Å². The number of hydrogen-bond acceptors (Lipinski definition) is 8. The normalized spacial score (nSPS) is 9.67. The van der Waals surface area contributed by atoms with E-state index in [0.717, 1.165) is 0 Å². The number of hydrogen-bond donors (Lipinski definition) is 0. The molecule has 0 heterocycles. The van der Waals surface area contributed by atoms with Crippen LogP contribution in [0, 0.1) is 0 Å². The average molecular weight is 278 g/mol. The van der Waals surface area contributed by atoms with Crippen molar-refractivity contribution < 1.29 is 51.8 Å². The summed E-state index contributed by atoms with van der Waals surface area (Å²) in [6, 6.07) is 0. The van der Waals surface area contributed by atoms with Crippen LogP contribution in [0.1, 0.15) is 0 Å². The van der Waals surface area contributed by atoms with Crippen LogP contribution in [0.15, 0.2) is 0 Å². The maximum absolute atomic E-state index is 8.52. The fraction of sp³-hybridized carbons (Fsp3) is 0. The molecule has 0 atom stereocenters. The van der Waals surface area contributed by atoms with Gasteiger partial charge in [-0.1, -0.05) is 0 Å². The van der Waals surface area contributed by atoms with E-state index < -0.39 is 20.8 Å². The molecule has 1 radical (unpaired) electrons. The van der Waals surface area contributed by atoms with Crippen LogP contribution in [-0.4, -0.2) is 52.4 Å². The fourth-order valence-corrected chi connectivity index (χ4v) is 0. The maximum atomic E-state index is 8.52. The first kappa shape index (κ1) is 23.0. The Kier molecular flexibility index (Phi) is 16.1. The van der Waals surface area contributed by atoms with Gasteiger partial charge in [-0.3, -0.25) is 16.8 Å². The van der Waals surface area contributed by atoms with Crippen LogP contribution in [0.4, 0.5) is 0 Å². The van der Waals surface area contributed by atoms with Gasteiger partial charge in [-0.15, -0.1) is 0 Å². The molecular formula is AlCoO8S2+. The summed E-state index contributed by atoms with van der Waals surface area (Å²) in [5.41, 5.74) is 0. The Morgan fingerprint density at radius 2 is 0.667 bits per heavy atom. The second kappa shape index (κ2) is 8.38. The quantitative estimate of drug-likeness (QED) is 0.256. The van der Waals surface area contributed by atoms with Crippen LogP contribution in [0.5, 0.6) is 0 Å². The van der Waals surface area contributed by atoms with E-state index in [1.165, 1.54) is 0 Å². The van der Waals surface area contributed by atoms with Gasteiger partial charge in [0.1, 0.15) is 0 Å². The first-order chi connectivity index (χ1) is 4.00. The van der Waals surface area contributed by atoms with Gasteiger partial charge in [0, 0.05) is 20.8 Å². The van der Waals surface area contributed by atoms with Crippen molar-refractivity contribution in [3.63, 3.8) is 0 Å². The van der Waals surface area contributed by atoms with E-state index in [-0.39, 0.29) is 34.1 Å². The third kappa shape index (κ3) is 1700. The Labute approximate surface area is 89.8 Å². The van der Waals surface area contributed by atoms with Crippen molar-refractivity contribution >= 4 is 38.2 Å². The molecule has 0 saturated carbocycles. The van der Waals surface area contributed by atoms with Crippen LogP contribution in [0.25, 0.3) is 0 Å². The summed E-state index contributed by atoms with van der Waals surface area (Å²) in [6.07, 6.45) is 0. The summed E-state index contributed by atoms with van der Waals surface area (Å²) >= 11 is 0. The van der Waals surface area contributed by atoms with Crippen LogP contribution in [-0.2, 0) is 37.6 Å². The van der Waals surface area contributed by atoms with Gasteiger partial charge >= 0.3 is 34.1 Å². The predicted molar refractivity (Wildman–Crippen MR) is 26.7 cm³/mol. The van der Waals surface area contributed by atoms with Gasteiger partial charge in [0.2, 0.25) is 0 Å². The summed E-state index contributed by atoms with van der Waals surface area (Å²) in [6.45, 7) is 0. The zero-order valence-corrected chi connectivity index (χ0v) is 8.82. The molecule has 0 aromatic carbocycles. The average Bonchev–Trinajstić information content (AvgIpc) is 1.12. The minimum atomic E-state index is -5.17. The van der Waals surface area contributed by atoms with E-state index in [4.69, 9.17) is 35.0 Å². The Morgan fingerprint density at radius 3 is 0.667 bits per heavy atom. The van der Waals surface area contributed by atoms with Gasteiger partial charge in [0.15, 0.2) is 0 Å². The van der Waals surface area contributed by atoms with E-state index in [0.29, 0.717) is 0 Å². The predicted octanol–water partition coefficient (Wildman–Crippen LogP) is -3.06. The van der Waals surface area contributed by atoms with E-state index >= 15 is 0 Å². The molecule has 71 valence electrons. The summed E-state index contributed by atoms with van der Waals surface area (Å²) in [5, 5.41) is 0. The molecule has 0 saturated heterocycles. The topological polar surface area (TPSA) is 161 Å². The summed E-state index contributed by atoms with van der Waals surface area (Å²) in [5.74, 6) is 0. The van der Waals surface area contributed by atoms with Gasteiger partial charge < -0.3 is 18.2 Å². The van der Waals surface area contributed by atoms with Crippen molar-refractivity contribution in [1.29, 1.82) is 0 Å². The van der Waals surface area contributed by atoms with Crippen LogP contribution < -0.4 is 0 Å². The van der Waals surface area contributed by atoms with Crippen molar-refractivity contribution in [1.82, 2.24) is 0 Å². The monoisotopic (exact) mass is 278 g/mol. The van der Waals surface area contributed by atoms with Crippen molar-refractivity contribution in [2.75, 3.05) is 0 Å². The van der Waals surface area contributed by atoms with Crippen LogP contribution in [0.3, 0.4) is 0 Å². The summed E-state index contributed by atoms with van der Waals surface area (Å²) in [4.78, 5) is 0. The molecule has 12 heavy (non-hydrogen) atoms. The molecule has 0 fully saturated rings. The second-order valence-electron chi connectivity index (χ2n) is 0.816. The van der Waals surface area contributed by atoms with Crippen LogP contribution >= 0.6 is 0 Å². The third-order valence-corrected chi connectivity index (χ3v) is 0. The minimum Gasteiger partial charge on any atom is -0.759 e. The molecule has 0 spiro atoms. The van der Waals surface area contributed by atoms with Crippen LogP contribution in [0.2, 0.25) is 0 Å². The van der Waals surface area contributed by atoms with E-state index in [1.54, 1.807) is 0 Å². The zero-order chi connectivity index (χ0) is 9.00. The summed E-state index contributed by atoms with van der Waals surface area (Å²) < 4.78 is 68.2. The Bertz CT molecular complexity index is 213. The molecule has 0 aliphatic rings. The first-order valence-corrected chi connectivity index (χ1v) is 4.00. The Balaban J connectivity index is -0.0000000457. The molecule has 8 nitrogen and oxygen atoms in total. The SMILES string of the molecule is O=S(=O)([O-])[O-].O=S(=O)([O-])[O-].[Al+3].[Co+2]. The van der Waals surface area contributed by atoms with Gasteiger partial charge in [-0.05, 0) is 0 Å². The fourth-order valence-electron chi connectivity index (χ4n) is 0. The Hall–Kier alpha value is 0.779. The summed E-state index contributed by atoms with van der Waals surface area (Å²) in [7, 11) is -10.3. The molecule has 0 unspecified atom stereocenters. The van der Waals surface area contributed by atoms with Gasteiger partial charge in [-0.2, -0.15) is 0 Å². The Morgan fingerprint density at radius 1 is 0.667 bits per heavy atom. The molecule has 0 N–H and O–H groups in total. The molecule has 0 amide bonds. The van der Waals surface area contributed by atoms with Gasteiger partial charge in [-0.25, -0.2) is 0 Å². The van der Waals surface area contributed by atoms with E-state index in [1.807, 2.05) is 0 Å². The third-order valence-electron chi connectivity index (χ3n) is 0. The zero-order valence-electron chi connectivity index (χ0n) is 4.99. The molecule has 0 aromatic heterocycles. The molecule has 0 aliphatic heterocycles. The standard InChI is InChI=1S/Al.Co.2H2O4S/c;;2*1-5(2,3)4/h;;2*(H2,1,2,3,4)/q+3;+2;;/p-4. The molecular weight excluding hydrogens is 278 g/mol. The number of rotatable bonds is 0.